The van der Waals surface area contributed by atoms with E-state index >= 15 is 0 Å². The van der Waals surface area contributed by atoms with Crippen LogP contribution in [-0.2, 0) is 52.2 Å². The third-order valence-corrected chi connectivity index (χ3v) is 13.8. The molecule has 0 aromatic rings. The van der Waals surface area contributed by atoms with Gasteiger partial charge in [-0.1, -0.05) is 58.3 Å². The Balaban J connectivity index is 1.26. The van der Waals surface area contributed by atoms with E-state index in [0.29, 0.717) is 19.3 Å². The van der Waals surface area contributed by atoms with Crippen LogP contribution in [0.15, 0.2) is 0 Å². The fourth-order valence-corrected chi connectivity index (χ4v) is 9.49. The van der Waals surface area contributed by atoms with E-state index in [1.165, 1.54) is 20.8 Å². The summed E-state index contributed by atoms with van der Waals surface area (Å²) in [4.78, 5) is 10.7. The summed E-state index contributed by atoms with van der Waals surface area (Å²) in [6.45, 7) is 4.73. The predicted molar refractivity (Wildman–Crippen MR) is 234 cm³/mol. The van der Waals surface area contributed by atoms with Gasteiger partial charge >= 0.3 is 5.97 Å². The van der Waals surface area contributed by atoms with Crippen LogP contribution in [-0.4, -0.2) is 250 Å². The van der Waals surface area contributed by atoms with Crippen LogP contribution in [0.25, 0.3) is 0 Å². The second-order valence-corrected chi connectivity index (χ2v) is 19.2. The Morgan fingerprint density at radius 2 is 0.843 bits per heavy atom. The number of unbranched alkanes of at least 4 members (excludes halogenated alkanes) is 7. The molecule has 410 valence electrons. The lowest BCUT2D eigenvalue weighted by molar-refractivity contribution is -0.400. The van der Waals surface area contributed by atoms with E-state index in [2.05, 4.69) is 0 Å². The van der Waals surface area contributed by atoms with Gasteiger partial charge in [0, 0.05) is 6.42 Å². The normalized spacial score (nSPS) is 45.4. The van der Waals surface area contributed by atoms with Crippen LogP contribution in [0.3, 0.4) is 0 Å². The van der Waals surface area contributed by atoms with Crippen LogP contribution in [0.5, 0.6) is 0 Å². The van der Waals surface area contributed by atoms with E-state index < -0.39 is 179 Å². The van der Waals surface area contributed by atoms with E-state index in [1.807, 2.05) is 6.92 Å². The number of carboxylic acid groups (broad SMARTS) is 1. The van der Waals surface area contributed by atoms with E-state index in [9.17, 15) is 71.2 Å². The predicted octanol–water partition coefficient (Wildman–Crippen LogP) is -3.66. The summed E-state index contributed by atoms with van der Waals surface area (Å²) in [5.41, 5.74) is 0. The van der Waals surface area contributed by atoms with Crippen LogP contribution in [0.1, 0.15) is 105 Å². The number of carbonyl (C=O) groups is 1. The molecule has 70 heavy (non-hydrogen) atoms. The van der Waals surface area contributed by atoms with E-state index in [-0.39, 0.29) is 6.42 Å². The number of ether oxygens (including phenoxy) is 10. The molecule has 5 aliphatic rings. The number of carboxylic acids is 1. The standard InChI is InChI=1S/C45H80O25/c1-5-14-22(15-12-10-8-6-7-9-11-13-16-25(48)49)64-45-40(31(55)28(52)24(18-47)66-45)70-42-35(59)32(56)37(20(3)62-42)67-44-36(60)39(69-43-34(58)30(54)27(51)23(17-46)65-43)38(21(4)63-44)68-41-33(57)29(53)26(50)19(2)61-41/h19-24,26-47,50-60H,5-18H2,1-4H3,(H,48,49)/t19-,20-,21-,22-,23+,24+,26-,27+,28+,29+,30-,31-,32-,33+,34+,35+,36+,37-,38-,39-,40+,41-,42-,43-,44-,45+/m0/s1. The molecule has 0 aromatic heterocycles. The highest BCUT2D eigenvalue weighted by molar-refractivity contribution is 5.66. The third-order valence-electron chi connectivity index (χ3n) is 13.8. The Kier molecular flexibility index (Phi) is 23.7. The summed E-state index contributed by atoms with van der Waals surface area (Å²) in [5.74, 6) is -0.793. The number of hydrogen-bond acceptors (Lipinski definition) is 24. The SMILES string of the molecule is CCC[C@@H](CCCCCCCCCCC(=O)O)O[C@@H]1O[C@H](CO)[C@@H](O)[C@H](O)[C@H]1O[C@@H]1O[C@@H](C)[C@H](O[C@@H]2O[C@@H](C)[C@H](O[C@@H]3O[C@@H](C)[C@H](O)[C@@H](O)[C@H]3O)[C@@H](O[C@@H]3O[C@H](CO)[C@@H](O)[C@H](O)[C@H]3O)[C@H]2O)[C@@H](O)[C@H]1O. The number of aliphatic carboxylic acids is 1. The summed E-state index contributed by atoms with van der Waals surface area (Å²) in [7, 11) is 0. The monoisotopic (exact) mass is 1020 g/mol. The molecule has 0 aliphatic carbocycles. The molecule has 26 atom stereocenters. The second-order valence-electron chi connectivity index (χ2n) is 19.2. The molecular weight excluding hydrogens is 940 g/mol. The van der Waals surface area contributed by atoms with Gasteiger partial charge in [0.25, 0.3) is 0 Å². The fourth-order valence-electron chi connectivity index (χ4n) is 9.49. The Hall–Kier alpha value is -1.45. The summed E-state index contributed by atoms with van der Waals surface area (Å²) in [6.07, 6.45) is -31.7. The quantitative estimate of drug-likeness (QED) is 0.0392. The van der Waals surface area contributed by atoms with Crippen molar-refractivity contribution in [3.8, 4) is 0 Å². The van der Waals surface area contributed by atoms with Gasteiger partial charge in [0.2, 0.25) is 0 Å². The van der Waals surface area contributed by atoms with Gasteiger partial charge < -0.3 is 119 Å². The van der Waals surface area contributed by atoms with Crippen molar-refractivity contribution in [1.29, 1.82) is 0 Å². The zero-order valence-electron chi connectivity index (χ0n) is 40.2. The highest BCUT2D eigenvalue weighted by atomic mass is 16.8. The van der Waals surface area contributed by atoms with Crippen LogP contribution in [0.2, 0.25) is 0 Å². The van der Waals surface area contributed by atoms with Gasteiger partial charge in [-0.25, -0.2) is 0 Å². The van der Waals surface area contributed by atoms with Gasteiger partial charge in [-0.3, -0.25) is 4.79 Å². The van der Waals surface area contributed by atoms with Gasteiger partial charge in [-0.15, -0.1) is 0 Å². The Bertz CT molecular complexity index is 1520. The molecule has 5 aliphatic heterocycles. The van der Waals surface area contributed by atoms with E-state index in [0.717, 1.165) is 51.4 Å². The van der Waals surface area contributed by atoms with Crippen molar-refractivity contribution >= 4 is 5.97 Å². The highest BCUT2D eigenvalue weighted by Gasteiger charge is 2.56. The van der Waals surface area contributed by atoms with Gasteiger partial charge in [0.15, 0.2) is 31.5 Å². The first-order chi connectivity index (χ1) is 33.2. The number of aliphatic hydroxyl groups is 13. The largest absolute Gasteiger partial charge is 0.481 e. The van der Waals surface area contributed by atoms with Crippen molar-refractivity contribution in [3.63, 3.8) is 0 Å². The smallest absolute Gasteiger partial charge is 0.303 e. The van der Waals surface area contributed by atoms with E-state index in [4.69, 9.17) is 52.5 Å². The molecule has 5 fully saturated rings. The second kappa shape index (κ2) is 27.9. The van der Waals surface area contributed by atoms with Crippen molar-refractivity contribution in [1.82, 2.24) is 0 Å². The Labute approximate surface area is 406 Å². The minimum Gasteiger partial charge on any atom is -0.481 e. The van der Waals surface area contributed by atoms with Gasteiger partial charge in [0.1, 0.15) is 104 Å². The molecule has 0 bridgehead atoms. The lowest BCUT2D eigenvalue weighted by Crippen LogP contribution is -2.67. The van der Waals surface area contributed by atoms with Crippen LogP contribution in [0, 0.1) is 0 Å². The van der Waals surface area contributed by atoms with Crippen molar-refractivity contribution < 1.29 is 124 Å². The first-order valence-corrected chi connectivity index (χ1v) is 24.7. The number of rotatable bonds is 25. The summed E-state index contributed by atoms with van der Waals surface area (Å²) >= 11 is 0. The molecular formula is C45H80O25. The first-order valence-electron chi connectivity index (χ1n) is 24.7. The molecule has 14 N–H and O–H groups in total. The lowest BCUT2D eigenvalue weighted by atomic mass is 9.95. The van der Waals surface area contributed by atoms with Gasteiger partial charge in [-0.05, 0) is 40.0 Å². The fraction of sp³-hybridized carbons (Fsp3) is 0.978. The molecule has 25 nitrogen and oxygen atoms in total. The maximum absolute atomic E-state index is 11.9. The topological polar surface area (TPSA) is 393 Å². The molecule has 25 heteroatoms. The molecule has 0 saturated carbocycles. The maximum atomic E-state index is 11.9. The summed E-state index contributed by atoms with van der Waals surface area (Å²) < 4.78 is 59.5. The van der Waals surface area contributed by atoms with Crippen molar-refractivity contribution in [3.05, 3.63) is 0 Å². The molecule has 5 saturated heterocycles. The average Bonchev–Trinajstić information content (AvgIpc) is 3.32. The third kappa shape index (κ3) is 14.9. The molecule has 0 unspecified atom stereocenters. The summed E-state index contributed by atoms with van der Waals surface area (Å²) in [5, 5.41) is 149. The van der Waals surface area contributed by atoms with Crippen LogP contribution in [0.4, 0.5) is 0 Å². The minimum absolute atomic E-state index is 0.170. The Morgan fingerprint density at radius 3 is 1.41 bits per heavy atom. The highest BCUT2D eigenvalue weighted by Crippen LogP contribution is 2.37. The zero-order valence-corrected chi connectivity index (χ0v) is 40.2. The molecule has 0 spiro atoms. The molecule has 0 aromatic carbocycles. The average molecular weight is 1020 g/mol. The first kappa shape index (κ1) is 59.4. The van der Waals surface area contributed by atoms with Crippen molar-refractivity contribution in [2.45, 2.75) is 264 Å². The lowest BCUT2D eigenvalue weighted by Gasteiger charge is -2.50. The molecule has 0 amide bonds. The molecule has 5 rings (SSSR count). The molecule has 0 radical (unpaired) electrons. The van der Waals surface area contributed by atoms with Crippen LogP contribution >= 0.6 is 0 Å². The number of aliphatic hydroxyl groups excluding tert-OH is 13. The molecule has 5 heterocycles. The maximum Gasteiger partial charge on any atom is 0.303 e. The summed E-state index contributed by atoms with van der Waals surface area (Å²) in [6, 6.07) is 0. The zero-order chi connectivity index (χ0) is 51.6. The van der Waals surface area contributed by atoms with Crippen LogP contribution < -0.4 is 0 Å². The van der Waals surface area contributed by atoms with Crippen molar-refractivity contribution in [2.75, 3.05) is 13.2 Å². The van der Waals surface area contributed by atoms with E-state index in [1.54, 1.807) is 0 Å². The van der Waals surface area contributed by atoms with Gasteiger partial charge in [0.05, 0.1) is 37.6 Å². The Morgan fingerprint density at radius 1 is 0.429 bits per heavy atom. The van der Waals surface area contributed by atoms with Gasteiger partial charge in [-0.2, -0.15) is 0 Å². The number of hydrogen-bond donors (Lipinski definition) is 14. The minimum atomic E-state index is -1.97. The van der Waals surface area contributed by atoms with Crippen molar-refractivity contribution in [2.24, 2.45) is 0 Å².